The van der Waals surface area contributed by atoms with Gasteiger partial charge in [-0.25, -0.2) is 0 Å². The van der Waals surface area contributed by atoms with Crippen molar-refractivity contribution in [2.75, 3.05) is 0 Å². The Hall–Kier alpha value is -6.38. The molecule has 8 aromatic carbocycles. The Morgan fingerprint density at radius 1 is 0.292 bits per heavy atom. The topological polar surface area (TPSA) is 25.8 Å². The maximum atomic E-state index is 4.81. The fourth-order valence-corrected chi connectivity index (χ4v) is 7.67. The van der Waals surface area contributed by atoms with Gasteiger partial charge in [-0.3, -0.25) is 9.97 Å². The van der Waals surface area contributed by atoms with Gasteiger partial charge in [0.15, 0.2) is 0 Å². The van der Waals surface area contributed by atoms with Crippen molar-refractivity contribution in [3.05, 3.63) is 170 Å². The zero-order valence-electron chi connectivity index (χ0n) is 26.1. The molecule has 0 amide bonds. The molecule has 10 aromatic rings. The fourth-order valence-electron chi connectivity index (χ4n) is 7.67. The molecule has 2 heteroatoms. The molecule has 0 radical (unpaired) electrons. The molecule has 0 saturated heterocycles. The first-order chi connectivity index (χ1) is 23.8. The first-order valence-corrected chi connectivity index (χ1v) is 16.4. The normalized spacial score (nSPS) is 11.8. The maximum absolute atomic E-state index is 4.81. The number of nitrogens with zero attached hydrogens (tertiary/aromatic N) is 2. The molecule has 0 N–H and O–H groups in total. The van der Waals surface area contributed by atoms with Crippen LogP contribution in [0.15, 0.2) is 170 Å². The molecule has 0 aliphatic heterocycles. The van der Waals surface area contributed by atoms with E-state index in [0.29, 0.717) is 0 Å². The Morgan fingerprint density at radius 2 is 0.792 bits per heavy atom. The monoisotopic (exact) mass is 608 g/mol. The zero-order chi connectivity index (χ0) is 31.6. The van der Waals surface area contributed by atoms with Gasteiger partial charge < -0.3 is 0 Å². The van der Waals surface area contributed by atoms with Gasteiger partial charge in [-0.05, 0) is 113 Å². The van der Waals surface area contributed by atoms with Crippen LogP contribution in [-0.4, -0.2) is 9.97 Å². The van der Waals surface area contributed by atoms with Gasteiger partial charge in [0.2, 0.25) is 0 Å². The minimum absolute atomic E-state index is 0.927. The number of rotatable bonds is 3. The van der Waals surface area contributed by atoms with E-state index in [-0.39, 0.29) is 0 Å². The van der Waals surface area contributed by atoms with Gasteiger partial charge in [-0.1, -0.05) is 121 Å². The molecule has 0 bridgehead atoms. The summed E-state index contributed by atoms with van der Waals surface area (Å²) in [6.45, 7) is 0. The Kier molecular flexibility index (Phi) is 5.91. The van der Waals surface area contributed by atoms with E-state index >= 15 is 0 Å². The zero-order valence-corrected chi connectivity index (χ0v) is 26.1. The van der Waals surface area contributed by atoms with E-state index in [2.05, 4.69) is 146 Å². The van der Waals surface area contributed by atoms with Crippen LogP contribution in [0.4, 0.5) is 0 Å². The molecule has 0 aliphatic rings. The van der Waals surface area contributed by atoms with E-state index in [1.807, 2.05) is 24.5 Å². The van der Waals surface area contributed by atoms with Crippen molar-refractivity contribution in [1.82, 2.24) is 9.97 Å². The Bertz CT molecular complexity index is 2900. The third-order valence-electron chi connectivity index (χ3n) is 9.87. The van der Waals surface area contributed by atoms with Crippen molar-refractivity contribution >= 4 is 64.9 Å². The Labute approximate surface area is 277 Å². The van der Waals surface area contributed by atoms with Crippen molar-refractivity contribution in [3.8, 4) is 33.4 Å². The van der Waals surface area contributed by atoms with E-state index in [0.717, 1.165) is 32.9 Å². The van der Waals surface area contributed by atoms with Gasteiger partial charge in [0.1, 0.15) is 0 Å². The molecule has 48 heavy (non-hydrogen) atoms. The van der Waals surface area contributed by atoms with Crippen molar-refractivity contribution < 1.29 is 0 Å². The molecule has 0 atom stereocenters. The van der Waals surface area contributed by atoms with Crippen molar-refractivity contribution in [2.24, 2.45) is 0 Å². The van der Waals surface area contributed by atoms with Gasteiger partial charge in [-0.2, -0.15) is 0 Å². The number of hydrogen-bond acceptors (Lipinski definition) is 2. The molecule has 2 nitrogen and oxygen atoms in total. The second-order valence-electron chi connectivity index (χ2n) is 12.6. The first-order valence-electron chi connectivity index (χ1n) is 16.4. The summed E-state index contributed by atoms with van der Waals surface area (Å²) in [4.78, 5) is 9.52. The summed E-state index contributed by atoms with van der Waals surface area (Å²) >= 11 is 0. The van der Waals surface area contributed by atoms with Crippen LogP contribution in [-0.2, 0) is 0 Å². The van der Waals surface area contributed by atoms with Crippen LogP contribution in [0.5, 0.6) is 0 Å². The average molecular weight is 609 g/mol. The van der Waals surface area contributed by atoms with Crippen LogP contribution in [0.1, 0.15) is 0 Å². The van der Waals surface area contributed by atoms with E-state index < -0.39 is 0 Å². The number of benzene rings is 8. The molecular weight excluding hydrogens is 581 g/mol. The molecule has 0 saturated carbocycles. The SMILES string of the molecule is c1ccc2cc(-c3c4ccccc4c(-c4ccc5ccccc5c4)c4cc(-c5cc6cccnc6c6ncccc56)ccc34)ccc2c1. The van der Waals surface area contributed by atoms with Gasteiger partial charge in [0.05, 0.1) is 11.0 Å². The van der Waals surface area contributed by atoms with E-state index in [1.165, 1.54) is 65.3 Å². The van der Waals surface area contributed by atoms with E-state index in [4.69, 9.17) is 9.97 Å². The Morgan fingerprint density at radius 3 is 1.48 bits per heavy atom. The highest BCUT2D eigenvalue weighted by Gasteiger charge is 2.19. The third kappa shape index (κ3) is 4.13. The summed E-state index contributed by atoms with van der Waals surface area (Å²) in [5, 5.41) is 12.1. The molecule has 10 rings (SSSR count). The quantitative estimate of drug-likeness (QED) is 0.147. The molecular formula is C46H28N2. The summed E-state index contributed by atoms with van der Waals surface area (Å²) in [6.07, 6.45) is 3.71. The molecule has 2 heterocycles. The summed E-state index contributed by atoms with van der Waals surface area (Å²) in [5.41, 5.74) is 9.12. The Balaban J connectivity index is 1.34. The molecule has 0 spiro atoms. The highest BCUT2D eigenvalue weighted by atomic mass is 14.7. The van der Waals surface area contributed by atoms with Crippen LogP contribution >= 0.6 is 0 Å². The van der Waals surface area contributed by atoms with E-state index in [9.17, 15) is 0 Å². The summed E-state index contributed by atoms with van der Waals surface area (Å²) < 4.78 is 0. The van der Waals surface area contributed by atoms with Crippen LogP contribution in [0, 0.1) is 0 Å². The predicted octanol–water partition coefficient (Wildman–Crippen LogP) is 12.4. The lowest BCUT2D eigenvalue weighted by Gasteiger charge is -2.19. The molecule has 0 fully saturated rings. The summed E-state index contributed by atoms with van der Waals surface area (Å²) in [5.74, 6) is 0. The minimum atomic E-state index is 0.927. The number of fused-ring (bicyclic) bond motifs is 7. The second kappa shape index (κ2) is 10.6. The lowest BCUT2D eigenvalue weighted by atomic mass is 9.84. The maximum Gasteiger partial charge on any atom is 0.0970 e. The molecule has 222 valence electrons. The average Bonchev–Trinajstić information content (AvgIpc) is 3.16. The predicted molar refractivity (Wildman–Crippen MR) is 203 cm³/mol. The second-order valence-corrected chi connectivity index (χ2v) is 12.6. The first kappa shape index (κ1) is 26.8. The largest absolute Gasteiger partial charge is 0.254 e. The van der Waals surface area contributed by atoms with E-state index in [1.54, 1.807) is 0 Å². The lowest BCUT2D eigenvalue weighted by Crippen LogP contribution is -1.93. The number of aromatic nitrogens is 2. The fraction of sp³-hybridized carbons (Fsp3) is 0. The molecule has 0 unspecified atom stereocenters. The summed E-state index contributed by atoms with van der Waals surface area (Å²) in [6, 6.07) is 57.5. The van der Waals surface area contributed by atoms with Crippen LogP contribution in [0.25, 0.3) is 98.3 Å². The highest BCUT2D eigenvalue weighted by Crippen LogP contribution is 2.46. The number of pyridine rings is 2. The molecule has 2 aromatic heterocycles. The highest BCUT2D eigenvalue weighted by molar-refractivity contribution is 6.23. The minimum Gasteiger partial charge on any atom is -0.254 e. The third-order valence-corrected chi connectivity index (χ3v) is 9.87. The van der Waals surface area contributed by atoms with Gasteiger partial charge in [0.25, 0.3) is 0 Å². The van der Waals surface area contributed by atoms with Crippen LogP contribution in [0.3, 0.4) is 0 Å². The van der Waals surface area contributed by atoms with Crippen molar-refractivity contribution in [1.29, 1.82) is 0 Å². The lowest BCUT2D eigenvalue weighted by molar-refractivity contribution is 1.37. The number of hydrogen-bond donors (Lipinski definition) is 0. The van der Waals surface area contributed by atoms with Gasteiger partial charge >= 0.3 is 0 Å². The van der Waals surface area contributed by atoms with Gasteiger partial charge in [0, 0.05) is 23.2 Å². The van der Waals surface area contributed by atoms with Gasteiger partial charge in [-0.15, -0.1) is 0 Å². The summed E-state index contributed by atoms with van der Waals surface area (Å²) in [7, 11) is 0. The molecule has 0 aliphatic carbocycles. The van der Waals surface area contributed by atoms with Crippen molar-refractivity contribution in [3.63, 3.8) is 0 Å². The van der Waals surface area contributed by atoms with Crippen LogP contribution < -0.4 is 0 Å². The van der Waals surface area contributed by atoms with Crippen molar-refractivity contribution in [2.45, 2.75) is 0 Å². The standard InChI is InChI=1S/C46H28N2/c1-3-11-31-25-34(19-17-29(31)9-1)43-37-14-5-6-15-38(37)44(35-20-18-30-10-2-4-12-32(30)26-35)42-27-33(21-22-39(42)43)41-28-36-13-7-23-47-45(36)46-40(41)16-8-24-48-46/h1-28H. The van der Waals surface area contributed by atoms with Crippen LogP contribution in [0.2, 0.25) is 0 Å². The smallest absolute Gasteiger partial charge is 0.0970 e.